The van der Waals surface area contributed by atoms with Crippen molar-refractivity contribution in [2.45, 2.75) is 13.5 Å². The molecule has 0 radical (unpaired) electrons. The molecule has 0 aliphatic heterocycles. The van der Waals surface area contributed by atoms with Crippen LogP contribution in [0.3, 0.4) is 0 Å². The minimum Gasteiger partial charge on any atom is -0.325 e. The molecule has 0 saturated carbocycles. The average molecular weight is 348 g/mol. The predicted molar refractivity (Wildman–Crippen MR) is 94.2 cm³/mol. The molecule has 2 aromatic rings. The minimum absolute atomic E-state index is 0.0367. The summed E-state index contributed by atoms with van der Waals surface area (Å²) in [6, 6.07) is 12.2. The van der Waals surface area contributed by atoms with E-state index in [0.717, 1.165) is 11.1 Å². The molecule has 0 bridgehead atoms. The van der Waals surface area contributed by atoms with E-state index in [9.17, 15) is 14.9 Å². The Morgan fingerprint density at radius 2 is 2.00 bits per heavy atom. The van der Waals surface area contributed by atoms with Crippen LogP contribution in [0.4, 0.5) is 11.4 Å². The average Bonchev–Trinajstić information content (AvgIpc) is 2.51. The molecule has 0 aromatic heterocycles. The van der Waals surface area contributed by atoms with Gasteiger partial charge in [0.15, 0.2) is 0 Å². The second kappa shape index (κ2) is 7.90. The predicted octanol–water partition coefficient (Wildman–Crippen LogP) is 3.63. The van der Waals surface area contributed by atoms with Crippen molar-refractivity contribution in [2.24, 2.45) is 0 Å². The SMILES string of the molecule is Cc1ccccc1CN(C)CC(=O)Nc1ccc(Cl)c([N+](=O)[O-])c1. The van der Waals surface area contributed by atoms with Crippen molar-refractivity contribution in [3.05, 3.63) is 68.7 Å². The molecule has 2 rings (SSSR count). The molecule has 0 fully saturated rings. The Hall–Kier alpha value is -2.44. The number of nitro groups is 1. The maximum absolute atomic E-state index is 12.1. The molecular weight excluding hydrogens is 330 g/mol. The van der Waals surface area contributed by atoms with E-state index in [0.29, 0.717) is 12.2 Å². The fraction of sp³-hybridized carbons (Fsp3) is 0.235. The van der Waals surface area contributed by atoms with E-state index in [1.807, 2.05) is 43.1 Å². The van der Waals surface area contributed by atoms with Crippen LogP contribution in [-0.4, -0.2) is 29.3 Å². The van der Waals surface area contributed by atoms with Crippen molar-refractivity contribution in [1.82, 2.24) is 4.90 Å². The highest BCUT2D eigenvalue weighted by Crippen LogP contribution is 2.27. The van der Waals surface area contributed by atoms with Crippen LogP contribution in [0.2, 0.25) is 5.02 Å². The number of benzene rings is 2. The van der Waals surface area contributed by atoms with Crippen LogP contribution in [0, 0.1) is 17.0 Å². The highest BCUT2D eigenvalue weighted by atomic mass is 35.5. The summed E-state index contributed by atoms with van der Waals surface area (Å²) in [5.41, 5.74) is 2.43. The lowest BCUT2D eigenvalue weighted by Gasteiger charge is -2.17. The molecule has 0 spiro atoms. The van der Waals surface area contributed by atoms with Gasteiger partial charge in [0.25, 0.3) is 5.69 Å². The van der Waals surface area contributed by atoms with Gasteiger partial charge in [0, 0.05) is 18.3 Å². The summed E-state index contributed by atoms with van der Waals surface area (Å²) in [6.45, 7) is 2.84. The van der Waals surface area contributed by atoms with Gasteiger partial charge in [0.1, 0.15) is 5.02 Å². The number of nitrogens with one attached hydrogen (secondary N) is 1. The Labute approximate surface area is 145 Å². The summed E-state index contributed by atoms with van der Waals surface area (Å²) in [5.74, 6) is -0.247. The lowest BCUT2D eigenvalue weighted by atomic mass is 10.1. The van der Waals surface area contributed by atoms with Crippen molar-refractivity contribution < 1.29 is 9.72 Å². The third kappa shape index (κ3) is 4.78. The molecular formula is C17H18ClN3O3. The number of rotatable bonds is 6. The maximum Gasteiger partial charge on any atom is 0.289 e. The number of hydrogen-bond donors (Lipinski definition) is 1. The summed E-state index contributed by atoms with van der Waals surface area (Å²) in [4.78, 5) is 24.3. The van der Waals surface area contributed by atoms with E-state index in [-0.39, 0.29) is 23.2 Å². The number of nitrogens with zero attached hydrogens (tertiary/aromatic N) is 2. The van der Waals surface area contributed by atoms with E-state index >= 15 is 0 Å². The van der Waals surface area contributed by atoms with Gasteiger partial charge in [-0.3, -0.25) is 19.8 Å². The lowest BCUT2D eigenvalue weighted by Crippen LogP contribution is -2.30. The van der Waals surface area contributed by atoms with Gasteiger partial charge in [0.2, 0.25) is 5.91 Å². The number of halogens is 1. The van der Waals surface area contributed by atoms with Crippen molar-refractivity contribution in [1.29, 1.82) is 0 Å². The first-order valence-electron chi connectivity index (χ1n) is 7.33. The number of carbonyl (C=O) groups is 1. The Balaban J connectivity index is 1.97. The number of anilines is 1. The second-order valence-corrected chi connectivity index (χ2v) is 5.98. The van der Waals surface area contributed by atoms with Crippen LogP contribution in [-0.2, 0) is 11.3 Å². The van der Waals surface area contributed by atoms with E-state index in [4.69, 9.17) is 11.6 Å². The summed E-state index contributed by atoms with van der Waals surface area (Å²) >= 11 is 5.75. The van der Waals surface area contributed by atoms with Crippen LogP contribution in [0.1, 0.15) is 11.1 Å². The zero-order valence-corrected chi connectivity index (χ0v) is 14.2. The lowest BCUT2D eigenvalue weighted by molar-refractivity contribution is -0.384. The van der Waals surface area contributed by atoms with Crippen LogP contribution < -0.4 is 5.32 Å². The van der Waals surface area contributed by atoms with Gasteiger partial charge < -0.3 is 5.32 Å². The van der Waals surface area contributed by atoms with Gasteiger partial charge in [-0.2, -0.15) is 0 Å². The van der Waals surface area contributed by atoms with Crippen LogP contribution in [0.15, 0.2) is 42.5 Å². The molecule has 0 aliphatic carbocycles. The maximum atomic E-state index is 12.1. The Kier molecular flexibility index (Phi) is 5.89. The van der Waals surface area contributed by atoms with Crippen LogP contribution >= 0.6 is 11.6 Å². The Morgan fingerprint density at radius 1 is 1.29 bits per heavy atom. The molecule has 2 aromatic carbocycles. The molecule has 1 amide bonds. The fourth-order valence-electron chi connectivity index (χ4n) is 2.31. The monoisotopic (exact) mass is 347 g/mol. The number of nitro benzene ring substituents is 1. The minimum atomic E-state index is -0.581. The molecule has 1 N–H and O–H groups in total. The molecule has 6 nitrogen and oxygen atoms in total. The molecule has 0 aliphatic rings. The fourth-order valence-corrected chi connectivity index (χ4v) is 2.50. The summed E-state index contributed by atoms with van der Waals surface area (Å²) in [5, 5.41) is 13.6. The third-order valence-corrected chi connectivity index (χ3v) is 3.86. The summed E-state index contributed by atoms with van der Waals surface area (Å²) < 4.78 is 0. The number of carbonyl (C=O) groups excluding carboxylic acids is 1. The summed E-state index contributed by atoms with van der Waals surface area (Å²) in [7, 11) is 1.84. The van der Waals surface area contributed by atoms with Gasteiger partial charge in [-0.05, 0) is 37.2 Å². The second-order valence-electron chi connectivity index (χ2n) is 5.57. The Bertz CT molecular complexity index is 764. The highest BCUT2D eigenvalue weighted by molar-refractivity contribution is 6.32. The van der Waals surface area contributed by atoms with Crippen molar-refractivity contribution in [2.75, 3.05) is 18.9 Å². The van der Waals surface area contributed by atoms with Crippen molar-refractivity contribution in [3.63, 3.8) is 0 Å². The standard InChI is InChI=1S/C17H18ClN3O3/c1-12-5-3-4-6-13(12)10-20(2)11-17(22)19-14-7-8-15(18)16(9-14)21(23)24/h3-9H,10-11H2,1-2H3,(H,19,22). The zero-order chi connectivity index (χ0) is 17.7. The van der Waals surface area contributed by atoms with Gasteiger partial charge >= 0.3 is 0 Å². The summed E-state index contributed by atoms with van der Waals surface area (Å²) in [6.07, 6.45) is 0. The Morgan fingerprint density at radius 3 is 2.67 bits per heavy atom. The molecule has 0 saturated heterocycles. The largest absolute Gasteiger partial charge is 0.325 e. The third-order valence-electron chi connectivity index (χ3n) is 3.54. The van der Waals surface area contributed by atoms with E-state index in [1.54, 1.807) is 0 Å². The zero-order valence-electron chi connectivity index (χ0n) is 13.5. The van der Waals surface area contributed by atoms with E-state index in [2.05, 4.69) is 5.32 Å². The topological polar surface area (TPSA) is 75.5 Å². The van der Waals surface area contributed by atoms with Crippen LogP contribution in [0.5, 0.6) is 0 Å². The smallest absolute Gasteiger partial charge is 0.289 e. The molecule has 126 valence electrons. The van der Waals surface area contributed by atoms with Crippen molar-refractivity contribution in [3.8, 4) is 0 Å². The first-order chi connectivity index (χ1) is 11.4. The quantitative estimate of drug-likeness (QED) is 0.639. The molecule has 0 unspecified atom stereocenters. The van der Waals surface area contributed by atoms with E-state index < -0.39 is 4.92 Å². The number of hydrogen-bond acceptors (Lipinski definition) is 4. The van der Waals surface area contributed by atoms with E-state index in [1.165, 1.54) is 18.2 Å². The molecule has 7 heteroatoms. The van der Waals surface area contributed by atoms with Gasteiger partial charge in [-0.1, -0.05) is 35.9 Å². The highest BCUT2D eigenvalue weighted by Gasteiger charge is 2.14. The van der Waals surface area contributed by atoms with Gasteiger partial charge in [-0.15, -0.1) is 0 Å². The van der Waals surface area contributed by atoms with Gasteiger partial charge in [0.05, 0.1) is 11.5 Å². The van der Waals surface area contributed by atoms with Crippen molar-refractivity contribution >= 4 is 28.9 Å². The molecule has 0 atom stereocenters. The first kappa shape index (κ1) is 17.9. The van der Waals surface area contributed by atoms with Gasteiger partial charge in [-0.25, -0.2) is 0 Å². The first-order valence-corrected chi connectivity index (χ1v) is 7.71. The number of aryl methyl sites for hydroxylation is 1. The number of amides is 1. The number of likely N-dealkylation sites (N-methyl/N-ethyl adjacent to an activating group) is 1. The normalized spacial score (nSPS) is 10.7. The molecule has 24 heavy (non-hydrogen) atoms. The molecule has 0 heterocycles. The van der Waals surface area contributed by atoms with Crippen LogP contribution in [0.25, 0.3) is 0 Å².